The number of thioether (sulfide) groups is 1. The predicted molar refractivity (Wildman–Crippen MR) is 60.5 cm³/mol. The van der Waals surface area contributed by atoms with E-state index in [1.54, 1.807) is 18.5 Å². The minimum Gasteiger partial charge on any atom is -0.271 e. The summed E-state index contributed by atoms with van der Waals surface area (Å²) in [5, 5.41) is 19.8. The summed E-state index contributed by atoms with van der Waals surface area (Å²) in [6, 6.07) is 5.89. The maximum absolute atomic E-state index is 13.2. The molecule has 0 aromatic heterocycles. The molecule has 1 rings (SSSR count). The fourth-order valence-corrected chi connectivity index (χ4v) is 1.34. The van der Waals surface area contributed by atoms with Gasteiger partial charge in [-0.15, -0.1) is 0 Å². The Labute approximate surface area is 96.4 Å². The van der Waals surface area contributed by atoms with Crippen LogP contribution in [0, 0.1) is 28.6 Å². The molecule has 0 amide bonds. The first-order chi connectivity index (χ1) is 7.72. The number of rotatable bonds is 1. The molecule has 0 radical (unpaired) electrons. The number of hydrogen-bond donors (Lipinski definition) is 1. The van der Waals surface area contributed by atoms with Gasteiger partial charge in [0, 0.05) is 0 Å². The van der Waals surface area contributed by atoms with Crippen molar-refractivity contribution in [1.29, 1.82) is 10.5 Å². The topological polar surface area (TPSA) is 72.0 Å². The molecule has 1 aromatic carbocycles. The predicted octanol–water partition coefficient (Wildman–Crippen LogP) is 2.12. The zero-order valence-electron chi connectivity index (χ0n) is 8.36. The second-order valence-corrected chi connectivity index (χ2v) is 3.40. The number of amidine groups is 1. The fourth-order valence-electron chi connectivity index (χ4n) is 0.998. The van der Waals surface area contributed by atoms with Gasteiger partial charge in [0.05, 0.1) is 5.69 Å². The molecule has 0 saturated carbocycles. The SMILES string of the molecule is CSC(=Nc1cccc(F)c1C#N)NC#N. The lowest BCUT2D eigenvalue weighted by molar-refractivity contribution is 0.624. The minimum atomic E-state index is -0.624. The molecular formula is C10H7FN4S. The van der Waals surface area contributed by atoms with Gasteiger partial charge >= 0.3 is 0 Å². The van der Waals surface area contributed by atoms with Gasteiger partial charge in [0.2, 0.25) is 0 Å². The van der Waals surface area contributed by atoms with E-state index in [4.69, 9.17) is 10.5 Å². The van der Waals surface area contributed by atoms with Crippen molar-refractivity contribution in [3.63, 3.8) is 0 Å². The van der Waals surface area contributed by atoms with Crippen molar-refractivity contribution < 1.29 is 4.39 Å². The highest BCUT2D eigenvalue weighted by Crippen LogP contribution is 2.21. The molecule has 4 nitrogen and oxygen atoms in total. The summed E-state index contributed by atoms with van der Waals surface area (Å²) in [4.78, 5) is 3.98. The van der Waals surface area contributed by atoms with Crippen LogP contribution in [-0.4, -0.2) is 11.4 Å². The molecule has 0 atom stereocenters. The average molecular weight is 234 g/mol. The fraction of sp³-hybridized carbons (Fsp3) is 0.100. The number of hydrogen-bond acceptors (Lipinski definition) is 4. The van der Waals surface area contributed by atoms with Gasteiger partial charge in [-0.1, -0.05) is 17.8 Å². The second kappa shape index (κ2) is 5.74. The average Bonchev–Trinajstić information content (AvgIpc) is 2.28. The van der Waals surface area contributed by atoms with E-state index in [2.05, 4.69) is 10.3 Å². The zero-order valence-corrected chi connectivity index (χ0v) is 9.18. The van der Waals surface area contributed by atoms with Gasteiger partial charge in [-0.2, -0.15) is 10.5 Å². The first kappa shape index (κ1) is 12.0. The van der Waals surface area contributed by atoms with Crippen molar-refractivity contribution in [2.24, 2.45) is 4.99 Å². The van der Waals surface area contributed by atoms with Crippen molar-refractivity contribution in [2.75, 3.05) is 6.26 Å². The quantitative estimate of drug-likeness (QED) is 0.349. The highest BCUT2D eigenvalue weighted by Gasteiger charge is 2.07. The molecule has 0 aliphatic carbocycles. The first-order valence-electron chi connectivity index (χ1n) is 4.19. The third-order valence-corrected chi connectivity index (χ3v) is 2.26. The molecule has 0 heterocycles. The molecule has 0 saturated heterocycles. The summed E-state index contributed by atoms with van der Waals surface area (Å²) in [5.41, 5.74) is 0.0726. The summed E-state index contributed by atoms with van der Waals surface area (Å²) in [6.45, 7) is 0. The van der Waals surface area contributed by atoms with Crippen LogP contribution >= 0.6 is 11.8 Å². The first-order valence-corrected chi connectivity index (χ1v) is 5.41. The minimum absolute atomic E-state index is 0.131. The number of nitrogens with zero attached hydrogens (tertiary/aromatic N) is 3. The third kappa shape index (κ3) is 2.72. The Morgan fingerprint density at radius 1 is 1.50 bits per heavy atom. The van der Waals surface area contributed by atoms with E-state index in [1.807, 2.05) is 0 Å². The number of nitrogens with one attached hydrogen (secondary N) is 1. The molecule has 0 unspecified atom stereocenters. The molecule has 0 aliphatic rings. The van der Waals surface area contributed by atoms with Gasteiger partial charge in [0.15, 0.2) is 11.4 Å². The maximum Gasteiger partial charge on any atom is 0.183 e. The van der Waals surface area contributed by atoms with Crippen LogP contribution in [0.5, 0.6) is 0 Å². The molecular weight excluding hydrogens is 227 g/mol. The Bertz CT molecular complexity index is 499. The van der Waals surface area contributed by atoms with Crippen LogP contribution in [0.2, 0.25) is 0 Å². The van der Waals surface area contributed by atoms with Gasteiger partial charge in [0.1, 0.15) is 17.4 Å². The van der Waals surface area contributed by atoms with E-state index in [0.29, 0.717) is 5.17 Å². The van der Waals surface area contributed by atoms with Crippen LogP contribution < -0.4 is 5.32 Å². The lowest BCUT2D eigenvalue weighted by Gasteiger charge is -2.01. The number of benzene rings is 1. The molecule has 0 fully saturated rings. The standard InChI is InChI=1S/C10H7FN4S/c1-16-10(14-6-13)15-9-4-2-3-8(11)7(9)5-12/h2-4H,1H3,(H,14,15). The van der Waals surface area contributed by atoms with Gasteiger partial charge in [0.25, 0.3) is 0 Å². The number of halogens is 1. The van der Waals surface area contributed by atoms with E-state index in [9.17, 15) is 4.39 Å². The molecule has 80 valence electrons. The van der Waals surface area contributed by atoms with Crippen LogP contribution in [0.25, 0.3) is 0 Å². The summed E-state index contributed by atoms with van der Waals surface area (Å²) in [5.74, 6) is -0.624. The van der Waals surface area contributed by atoms with Crippen molar-refractivity contribution in [3.8, 4) is 12.3 Å². The highest BCUT2D eigenvalue weighted by molar-refractivity contribution is 8.13. The monoisotopic (exact) mass is 234 g/mol. The van der Waals surface area contributed by atoms with Gasteiger partial charge in [-0.3, -0.25) is 5.32 Å². The van der Waals surface area contributed by atoms with Gasteiger partial charge < -0.3 is 0 Å². The van der Waals surface area contributed by atoms with Crippen molar-refractivity contribution in [1.82, 2.24) is 5.32 Å². The molecule has 0 bridgehead atoms. The zero-order chi connectivity index (χ0) is 12.0. The maximum atomic E-state index is 13.2. The molecule has 16 heavy (non-hydrogen) atoms. The molecule has 1 aromatic rings. The smallest absolute Gasteiger partial charge is 0.183 e. The Hall–Kier alpha value is -2.05. The Morgan fingerprint density at radius 2 is 2.25 bits per heavy atom. The number of nitriles is 2. The summed E-state index contributed by atoms with van der Waals surface area (Å²) >= 11 is 1.20. The van der Waals surface area contributed by atoms with Crippen LogP contribution in [0.4, 0.5) is 10.1 Å². The van der Waals surface area contributed by atoms with Crippen molar-refractivity contribution >= 4 is 22.6 Å². The molecule has 1 N–H and O–H groups in total. The van der Waals surface area contributed by atoms with Crippen LogP contribution in [0.3, 0.4) is 0 Å². The molecule has 0 aliphatic heterocycles. The van der Waals surface area contributed by atoms with Gasteiger partial charge in [-0.05, 0) is 18.4 Å². The Kier molecular flexibility index (Phi) is 4.31. The van der Waals surface area contributed by atoms with Crippen molar-refractivity contribution in [2.45, 2.75) is 0 Å². The normalized spacial score (nSPS) is 10.4. The largest absolute Gasteiger partial charge is 0.271 e. The molecule has 0 spiro atoms. The Morgan fingerprint density at radius 3 is 2.81 bits per heavy atom. The lowest BCUT2D eigenvalue weighted by Crippen LogP contribution is -2.12. The van der Waals surface area contributed by atoms with E-state index >= 15 is 0 Å². The third-order valence-electron chi connectivity index (χ3n) is 1.68. The van der Waals surface area contributed by atoms with E-state index in [1.165, 1.54) is 30.0 Å². The highest BCUT2D eigenvalue weighted by atomic mass is 32.2. The van der Waals surface area contributed by atoms with Crippen molar-refractivity contribution in [3.05, 3.63) is 29.6 Å². The Balaban J connectivity index is 3.20. The number of aliphatic imine (C=N–C) groups is 1. The summed E-state index contributed by atoms with van der Waals surface area (Å²) in [7, 11) is 0. The summed E-state index contributed by atoms with van der Waals surface area (Å²) < 4.78 is 13.2. The van der Waals surface area contributed by atoms with E-state index in [0.717, 1.165) is 0 Å². The second-order valence-electron chi connectivity index (χ2n) is 2.60. The van der Waals surface area contributed by atoms with E-state index < -0.39 is 5.82 Å². The van der Waals surface area contributed by atoms with Crippen LogP contribution in [0.1, 0.15) is 5.56 Å². The van der Waals surface area contributed by atoms with Gasteiger partial charge in [-0.25, -0.2) is 9.38 Å². The molecule has 6 heteroatoms. The van der Waals surface area contributed by atoms with Crippen LogP contribution in [-0.2, 0) is 0 Å². The van der Waals surface area contributed by atoms with Crippen LogP contribution in [0.15, 0.2) is 23.2 Å². The lowest BCUT2D eigenvalue weighted by atomic mass is 10.2. The van der Waals surface area contributed by atoms with E-state index in [-0.39, 0.29) is 11.3 Å². The summed E-state index contributed by atoms with van der Waals surface area (Å²) in [6.07, 6.45) is 3.43.